The number of piperazine rings is 1. The second-order valence-corrected chi connectivity index (χ2v) is 8.35. The summed E-state index contributed by atoms with van der Waals surface area (Å²) in [4.78, 5) is 33.5. The first-order chi connectivity index (χ1) is 14.6. The van der Waals surface area contributed by atoms with Crippen LogP contribution >= 0.6 is 11.8 Å². The number of thioether (sulfide) groups is 1. The van der Waals surface area contributed by atoms with Gasteiger partial charge in [0.15, 0.2) is 0 Å². The summed E-state index contributed by atoms with van der Waals surface area (Å²) in [5, 5.41) is 4.07. The van der Waals surface area contributed by atoms with Gasteiger partial charge in [0.05, 0.1) is 13.0 Å². The van der Waals surface area contributed by atoms with Crippen LogP contribution in [0.5, 0.6) is 0 Å². The Bertz CT molecular complexity index is 1040. The molecule has 1 fully saturated rings. The minimum Gasteiger partial charge on any atom is -0.361 e. The molecule has 1 aliphatic heterocycles. The lowest BCUT2D eigenvalue weighted by molar-refractivity contribution is -0.132. The molecule has 0 unspecified atom stereocenters. The molecule has 3 aromatic rings. The van der Waals surface area contributed by atoms with E-state index in [9.17, 15) is 9.59 Å². The predicted octanol–water partition coefficient (Wildman–Crippen LogP) is 3.22. The Kier molecular flexibility index (Phi) is 6.40. The van der Waals surface area contributed by atoms with E-state index in [0.717, 1.165) is 27.0 Å². The number of aromatic nitrogens is 1. The number of hydrogen-bond acceptors (Lipinski definition) is 4. The molecule has 0 saturated carbocycles. The number of anilines is 1. The number of aromatic amines is 1. The van der Waals surface area contributed by atoms with Crippen molar-refractivity contribution in [2.45, 2.75) is 11.3 Å². The number of hydrogen-bond donors (Lipinski definition) is 2. The first-order valence-electron chi connectivity index (χ1n) is 10.1. The van der Waals surface area contributed by atoms with Crippen LogP contribution in [0.15, 0.2) is 59.6 Å². The van der Waals surface area contributed by atoms with Crippen LogP contribution in [0.25, 0.3) is 10.9 Å². The van der Waals surface area contributed by atoms with Gasteiger partial charge in [0.2, 0.25) is 11.8 Å². The summed E-state index contributed by atoms with van der Waals surface area (Å²) in [5.74, 6) is 0.115. The quantitative estimate of drug-likeness (QED) is 0.599. The third-order valence-electron chi connectivity index (χ3n) is 5.46. The fourth-order valence-electron chi connectivity index (χ4n) is 3.81. The lowest BCUT2D eigenvalue weighted by Crippen LogP contribution is -2.50. The van der Waals surface area contributed by atoms with Gasteiger partial charge >= 0.3 is 0 Å². The van der Waals surface area contributed by atoms with Crippen molar-refractivity contribution >= 4 is 40.2 Å². The van der Waals surface area contributed by atoms with Crippen molar-refractivity contribution in [3.05, 3.63) is 60.3 Å². The van der Waals surface area contributed by atoms with E-state index >= 15 is 0 Å². The lowest BCUT2D eigenvalue weighted by atomic mass is 10.1. The SMILES string of the molecule is CSc1cccc(NC(=O)CN2CCN(C(=O)Cc3c[nH]c4ccccc34)CC2)c1. The van der Waals surface area contributed by atoms with Crippen LogP contribution in [0.1, 0.15) is 5.56 Å². The maximum absolute atomic E-state index is 12.8. The molecule has 2 amide bonds. The van der Waals surface area contributed by atoms with E-state index in [0.29, 0.717) is 39.1 Å². The van der Waals surface area contributed by atoms with Gasteiger partial charge < -0.3 is 15.2 Å². The summed E-state index contributed by atoms with van der Waals surface area (Å²) in [7, 11) is 0. The van der Waals surface area contributed by atoms with E-state index in [1.165, 1.54) is 0 Å². The van der Waals surface area contributed by atoms with Crippen LogP contribution in [0.4, 0.5) is 5.69 Å². The molecule has 4 rings (SSSR count). The first kappa shape index (κ1) is 20.5. The van der Waals surface area contributed by atoms with Crippen molar-refractivity contribution in [1.82, 2.24) is 14.8 Å². The number of H-pyrrole nitrogens is 1. The standard InChI is InChI=1S/C23H26N4O2S/c1-30-19-6-4-5-18(14-19)25-22(28)16-26-9-11-27(12-10-26)23(29)13-17-15-24-21-8-3-2-7-20(17)21/h2-8,14-15,24H,9-13,16H2,1H3,(H,25,28). The molecule has 30 heavy (non-hydrogen) atoms. The van der Waals surface area contributed by atoms with Crippen molar-refractivity contribution in [3.63, 3.8) is 0 Å². The molecule has 2 aromatic carbocycles. The van der Waals surface area contributed by atoms with E-state index in [2.05, 4.69) is 15.2 Å². The molecule has 2 N–H and O–H groups in total. The number of nitrogens with zero attached hydrogens (tertiary/aromatic N) is 2. The zero-order chi connectivity index (χ0) is 20.9. The highest BCUT2D eigenvalue weighted by Crippen LogP contribution is 2.20. The summed E-state index contributed by atoms with van der Waals surface area (Å²) < 4.78 is 0. The third-order valence-corrected chi connectivity index (χ3v) is 6.19. The number of benzene rings is 2. The molecule has 0 bridgehead atoms. The smallest absolute Gasteiger partial charge is 0.238 e. The summed E-state index contributed by atoms with van der Waals surface area (Å²) >= 11 is 1.65. The zero-order valence-electron chi connectivity index (χ0n) is 17.1. The van der Waals surface area contributed by atoms with Crippen molar-refractivity contribution in [1.29, 1.82) is 0 Å². The number of amides is 2. The molecule has 2 heterocycles. The molecule has 0 atom stereocenters. The van der Waals surface area contributed by atoms with Gasteiger partial charge in [-0.3, -0.25) is 14.5 Å². The summed E-state index contributed by atoms with van der Waals surface area (Å²) in [6, 6.07) is 15.9. The van der Waals surface area contributed by atoms with Crippen molar-refractivity contribution in [3.8, 4) is 0 Å². The van der Waals surface area contributed by atoms with Gasteiger partial charge in [0.25, 0.3) is 0 Å². The second kappa shape index (κ2) is 9.36. The number of rotatable bonds is 6. The Morgan fingerprint density at radius 3 is 2.67 bits per heavy atom. The molecule has 1 aromatic heterocycles. The maximum Gasteiger partial charge on any atom is 0.238 e. The highest BCUT2D eigenvalue weighted by Gasteiger charge is 2.23. The van der Waals surface area contributed by atoms with E-state index in [1.54, 1.807) is 11.8 Å². The molecule has 1 aliphatic rings. The van der Waals surface area contributed by atoms with Crippen LogP contribution in [-0.2, 0) is 16.0 Å². The molecular weight excluding hydrogens is 396 g/mol. The topological polar surface area (TPSA) is 68.4 Å². The molecule has 0 spiro atoms. The number of nitrogens with one attached hydrogen (secondary N) is 2. The molecule has 7 heteroatoms. The molecule has 0 radical (unpaired) electrons. The van der Waals surface area contributed by atoms with Crippen molar-refractivity contribution in [2.75, 3.05) is 44.3 Å². The Morgan fingerprint density at radius 2 is 1.87 bits per heavy atom. The van der Waals surface area contributed by atoms with Gasteiger partial charge in [-0.1, -0.05) is 24.3 Å². The van der Waals surface area contributed by atoms with Crippen LogP contribution in [0.3, 0.4) is 0 Å². The van der Waals surface area contributed by atoms with Gasteiger partial charge in [-0.05, 0) is 36.1 Å². The van der Waals surface area contributed by atoms with Gasteiger partial charge in [0.1, 0.15) is 0 Å². The average molecular weight is 423 g/mol. The normalized spacial score (nSPS) is 14.8. The summed E-state index contributed by atoms with van der Waals surface area (Å²) in [6.07, 6.45) is 4.34. The fraction of sp³-hybridized carbons (Fsp3) is 0.304. The number of carbonyl (C=O) groups is 2. The highest BCUT2D eigenvalue weighted by atomic mass is 32.2. The van der Waals surface area contributed by atoms with E-state index in [4.69, 9.17) is 0 Å². The molecule has 1 saturated heterocycles. The second-order valence-electron chi connectivity index (χ2n) is 7.47. The minimum absolute atomic E-state index is 0.0215. The number of para-hydroxylation sites is 1. The van der Waals surface area contributed by atoms with Crippen LogP contribution in [0, 0.1) is 0 Å². The minimum atomic E-state index is -0.0215. The van der Waals surface area contributed by atoms with Crippen molar-refractivity contribution in [2.24, 2.45) is 0 Å². The number of carbonyl (C=O) groups excluding carboxylic acids is 2. The Morgan fingerprint density at radius 1 is 1.07 bits per heavy atom. The predicted molar refractivity (Wildman–Crippen MR) is 122 cm³/mol. The monoisotopic (exact) mass is 422 g/mol. The summed E-state index contributed by atoms with van der Waals surface area (Å²) in [6.45, 7) is 3.05. The maximum atomic E-state index is 12.8. The van der Waals surface area contributed by atoms with E-state index in [1.807, 2.05) is 65.9 Å². The Labute approximate surface area is 180 Å². The third kappa shape index (κ3) is 4.86. The average Bonchev–Trinajstić information content (AvgIpc) is 3.17. The fourth-order valence-corrected chi connectivity index (χ4v) is 4.27. The Hall–Kier alpha value is -2.77. The van der Waals surface area contributed by atoms with Crippen LogP contribution in [0.2, 0.25) is 0 Å². The molecule has 0 aliphatic carbocycles. The van der Waals surface area contributed by atoms with Gasteiger partial charge in [0, 0.05) is 53.9 Å². The molecule has 6 nitrogen and oxygen atoms in total. The van der Waals surface area contributed by atoms with Crippen LogP contribution < -0.4 is 5.32 Å². The van der Waals surface area contributed by atoms with Crippen LogP contribution in [-0.4, -0.2) is 65.6 Å². The molecule has 156 valence electrons. The lowest BCUT2D eigenvalue weighted by Gasteiger charge is -2.34. The molecular formula is C23H26N4O2S. The van der Waals surface area contributed by atoms with E-state index in [-0.39, 0.29) is 11.8 Å². The van der Waals surface area contributed by atoms with E-state index < -0.39 is 0 Å². The van der Waals surface area contributed by atoms with Crippen molar-refractivity contribution < 1.29 is 9.59 Å². The first-order valence-corrected chi connectivity index (χ1v) is 11.3. The number of fused-ring (bicyclic) bond motifs is 1. The zero-order valence-corrected chi connectivity index (χ0v) is 17.9. The largest absolute Gasteiger partial charge is 0.361 e. The van der Waals surface area contributed by atoms with Gasteiger partial charge in [-0.15, -0.1) is 11.8 Å². The van der Waals surface area contributed by atoms with Gasteiger partial charge in [-0.2, -0.15) is 0 Å². The van der Waals surface area contributed by atoms with Gasteiger partial charge in [-0.25, -0.2) is 0 Å². The Balaban J connectivity index is 1.26. The highest BCUT2D eigenvalue weighted by molar-refractivity contribution is 7.98. The summed E-state index contributed by atoms with van der Waals surface area (Å²) in [5.41, 5.74) is 2.91.